The van der Waals surface area contributed by atoms with Gasteiger partial charge >= 0.3 is 0 Å². The molecule has 3 aromatic rings. The highest BCUT2D eigenvalue weighted by molar-refractivity contribution is 5.62. The van der Waals surface area contributed by atoms with Crippen molar-refractivity contribution in [2.24, 2.45) is 0 Å². The Morgan fingerprint density at radius 3 is 2.89 bits per heavy atom. The summed E-state index contributed by atoms with van der Waals surface area (Å²) in [5, 5.41) is 10.9. The van der Waals surface area contributed by atoms with E-state index in [-0.39, 0.29) is 0 Å². The van der Waals surface area contributed by atoms with Crippen molar-refractivity contribution in [1.82, 2.24) is 10.2 Å². The molecule has 0 aliphatic heterocycles. The van der Waals surface area contributed by atoms with Crippen LogP contribution in [0.25, 0.3) is 11.5 Å². The summed E-state index contributed by atoms with van der Waals surface area (Å²) in [7, 11) is 0. The summed E-state index contributed by atoms with van der Waals surface area (Å²) in [6, 6.07) is 7.92. The maximum absolute atomic E-state index is 5.18. The van der Waals surface area contributed by atoms with E-state index in [1.165, 1.54) is 6.39 Å². The van der Waals surface area contributed by atoms with E-state index in [9.17, 15) is 0 Å². The first-order chi connectivity index (χ1) is 9.33. The van der Waals surface area contributed by atoms with Crippen LogP contribution in [0, 0.1) is 6.92 Å². The van der Waals surface area contributed by atoms with E-state index < -0.39 is 0 Å². The predicted octanol–water partition coefficient (Wildman–Crippen LogP) is 3.25. The molecule has 5 heteroatoms. The van der Waals surface area contributed by atoms with Gasteiger partial charge in [0.2, 0.25) is 12.3 Å². The highest BCUT2D eigenvalue weighted by Crippen LogP contribution is 2.23. The lowest BCUT2D eigenvalue weighted by Crippen LogP contribution is -2.00. The maximum Gasteiger partial charge on any atom is 0.247 e. The fourth-order valence-corrected chi connectivity index (χ4v) is 1.88. The van der Waals surface area contributed by atoms with E-state index in [1.807, 2.05) is 31.2 Å². The Hall–Kier alpha value is -2.56. The minimum Gasteiger partial charge on any atom is -0.472 e. The standard InChI is InChI=1S/C14H13N3O2/c1-10-6-12(14-17-16-9-19-14)2-3-13(10)15-7-11-4-5-18-8-11/h2-6,8-9,15H,7H2,1H3. The molecule has 1 aromatic carbocycles. The van der Waals surface area contributed by atoms with Crippen LogP contribution < -0.4 is 5.32 Å². The van der Waals surface area contributed by atoms with Crippen LogP contribution in [0.2, 0.25) is 0 Å². The summed E-state index contributed by atoms with van der Waals surface area (Å²) >= 11 is 0. The largest absolute Gasteiger partial charge is 0.472 e. The molecule has 0 aliphatic rings. The Kier molecular flexibility index (Phi) is 3.02. The van der Waals surface area contributed by atoms with Gasteiger partial charge in [-0.1, -0.05) is 0 Å². The molecule has 0 spiro atoms. The molecule has 3 rings (SSSR count). The molecular formula is C14H13N3O2. The van der Waals surface area contributed by atoms with Crippen molar-refractivity contribution in [2.75, 3.05) is 5.32 Å². The van der Waals surface area contributed by atoms with Gasteiger partial charge in [0.15, 0.2) is 0 Å². The zero-order valence-electron chi connectivity index (χ0n) is 10.5. The summed E-state index contributed by atoms with van der Waals surface area (Å²) in [6.45, 7) is 2.77. The summed E-state index contributed by atoms with van der Waals surface area (Å²) in [5.74, 6) is 0.532. The number of benzene rings is 1. The SMILES string of the molecule is Cc1cc(-c2nnco2)ccc1NCc1ccoc1. The number of hydrogen-bond donors (Lipinski definition) is 1. The van der Waals surface area contributed by atoms with Gasteiger partial charge in [0, 0.05) is 23.4 Å². The van der Waals surface area contributed by atoms with Gasteiger partial charge in [-0.3, -0.25) is 0 Å². The fraction of sp³-hybridized carbons (Fsp3) is 0.143. The van der Waals surface area contributed by atoms with Crippen LogP contribution in [0.1, 0.15) is 11.1 Å². The molecule has 0 saturated carbocycles. The molecule has 0 radical (unpaired) electrons. The van der Waals surface area contributed by atoms with E-state index in [2.05, 4.69) is 15.5 Å². The first-order valence-corrected chi connectivity index (χ1v) is 5.95. The van der Waals surface area contributed by atoms with Crippen LogP contribution in [0.4, 0.5) is 5.69 Å². The molecule has 19 heavy (non-hydrogen) atoms. The number of nitrogens with zero attached hydrogens (tertiary/aromatic N) is 2. The minimum absolute atomic E-state index is 0.532. The van der Waals surface area contributed by atoms with Crippen LogP contribution in [-0.2, 0) is 6.54 Å². The van der Waals surface area contributed by atoms with E-state index in [1.54, 1.807) is 12.5 Å². The molecule has 2 heterocycles. The van der Waals surface area contributed by atoms with Gasteiger partial charge < -0.3 is 14.2 Å². The van der Waals surface area contributed by atoms with Crippen LogP contribution in [0.3, 0.4) is 0 Å². The average Bonchev–Trinajstić information content (AvgIpc) is 3.10. The van der Waals surface area contributed by atoms with Gasteiger partial charge in [-0.05, 0) is 36.8 Å². The smallest absolute Gasteiger partial charge is 0.247 e. The van der Waals surface area contributed by atoms with Crippen LogP contribution in [-0.4, -0.2) is 10.2 Å². The number of furan rings is 1. The number of anilines is 1. The lowest BCUT2D eigenvalue weighted by atomic mass is 10.1. The average molecular weight is 255 g/mol. The quantitative estimate of drug-likeness (QED) is 0.775. The van der Waals surface area contributed by atoms with Gasteiger partial charge in [0.1, 0.15) is 0 Å². The van der Waals surface area contributed by atoms with Crippen molar-refractivity contribution in [3.63, 3.8) is 0 Å². The highest BCUT2D eigenvalue weighted by atomic mass is 16.4. The second kappa shape index (κ2) is 4.97. The Bertz CT molecular complexity index is 645. The fourth-order valence-electron chi connectivity index (χ4n) is 1.88. The molecular weight excluding hydrogens is 242 g/mol. The second-order valence-electron chi connectivity index (χ2n) is 4.26. The lowest BCUT2D eigenvalue weighted by molar-refractivity contribution is 0.564. The molecule has 0 atom stereocenters. The van der Waals surface area contributed by atoms with Crippen LogP contribution >= 0.6 is 0 Å². The van der Waals surface area contributed by atoms with Gasteiger partial charge in [0.25, 0.3) is 0 Å². The first-order valence-electron chi connectivity index (χ1n) is 5.95. The van der Waals surface area contributed by atoms with Crippen molar-refractivity contribution < 1.29 is 8.83 Å². The van der Waals surface area contributed by atoms with Gasteiger partial charge in [-0.2, -0.15) is 0 Å². The Labute approximate surface area is 110 Å². The number of aryl methyl sites for hydroxylation is 1. The van der Waals surface area contributed by atoms with E-state index in [4.69, 9.17) is 8.83 Å². The van der Waals surface area contributed by atoms with Crippen molar-refractivity contribution in [2.45, 2.75) is 13.5 Å². The van der Waals surface area contributed by atoms with Crippen molar-refractivity contribution in [3.8, 4) is 11.5 Å². The third-order valence-electron chi connectivity index (χ3n) is 2.90. The van der Waals surface area contributed by atoms with Crippen molar-refractivity contribution in [3.05, 3.63) is 54.3 Å². The van der Waals surface area contributed by atoms with Crippen LogP contribution in [0.15, 0.2) is 52.0 Å². The van der Waals surface area contributed by atoms with Gasteiger partial charge in [-0.15, -0.1) is 10.2 Å². The lowest BCUT2D eigenvalue weighted by Gasteiger charge is -2.09. The molecule has 1 N–H and O–H groups in total. The number of hydrogen-bond acceptors (Lipinski definition) is 5. The topological polar surface area (TPSA) is 64.1 Å². The molecule has 0 fully saturated rings. The van der Waals surface area contributed by atoms with Gasteiger partial charge in [0.05, 0.1) is 12.5 Å². The van der Waals surface area contributed by atoms with E-state index in [0.717, 1.165) is 28.9 Å². The van der Waals surface area contributed by atoms with Gasteiger partial charge in [-0.25, -0.2) is 0 Å². The van der Waals surface area contributed by atoms with Crippen molar-refractivity contribution >= 4 is 5.69 Å². The summed E-state index contributed by atoms with van der Waals surface area (Å²) < 4.78 is 10.2. The Morgan fingerprint density at radius 2 is 2.21 bits per heavy atom. The zero-order chi connectivity index (χ0) is 13.1. The number of nitrogens with one attached hydrogen (secondary N) is 1. The molecule has 0 amide bonds. The highest BCUT2D eigenvalue weighted by Gasteiger charge is 2.06. The summed E-state index contributed by atoms with van der Waals surface area (Å²) in [5.41, 5.74) is 4.23. The van der Waals surface area contributed by atoms with Crippen molar-refractivity contribution in [1.29, 1.82) is 0 Å². The van der Waals surface area contributed by atoms with E-state index >= 15 is 0 Å². The molecule has 0 aliphatic carbocycles. The first kappa shape index (κ1) is 11.5. The molecule has 2 aromatic heterocycles. The molecule has 96 valence electrons. The molecule has 0 unspecified atom stereocenters. The molecule has 5 nitrogen and oxygen atoms in total. The maximum atomic E-state index is 5.18. The Morgan fingerprint density at radius 1 is 1.26 bits per heavy atom. The Balaban J connectivity index is 1.76. The minimum atomic E-state index is 0.532. The third-order valence-corrected chi connectivity index (χ3v) is 2.90. The predicted molar refractivity (Wildman–Crippen MR) is 70.5 cm³/mol. The zero-order valence-corrected chi connectivity index (χ0v) is 10.5. The monoisotopic (exact) mass is 255 g/mol. The second-order valence-corrected chi connectivity index (χ2v) is 4.26. The summed E-state index contributed by atoms with van der Waals surface area (Å²) in [4.78, 5) is 0. The van der Waals surface area contributed by atoms with E-state index in [0.29, 0.717) is 5.89 Å². The number of rotatable bonds is 4. The summed E-state index contributed by atoms with van der Waals surface area (Å²) in [6.07, 6.45) is 4.73. The number of aromatic nitrogens is 2. The molecule has 0 saturated heterocycles. The van der Waals surface area contributed by atoms with Crippen LogP contribution in [0.5, 0.6) is 0 Å². The third kappa shape index (κ3) is 2.49. The normalized spacial score (nSPS) is 10.6. The molecule has 0 bridgehead atoms.